The van der Waals surface area contributed by atoms with Gasteiger partial charge in [-0.1, -0.05) is 48.5 Å². The predicted octanol–water partition coefficient (Wildman–Crippen LogP) is 3.61. The van der Waals surface area contributed by atoms with Gasteiger partial charge in [0.15, 0.2) is 0 Å². The maximum absolute atomic E-state index is 13.3. The van der Waals surface area contributed by atoms with E-state index in [1.54, 1.807) is 13.2 Å². The van der Waals surface area contributed by atoms with E-state index in [2.05, 4.69) is 10.6 Å². The molecule has 0 heterocycles. The van der Waals surface area contributed by atoms with Gasteiger partial charge >= 0.3 is 0 Å². The number of carbonyl (C=O) groups excluding carboxylic acids is 2. The molecule has 3 rings (SSSR count). The molecule has 0 bridgehead atoms. The van der Waals surface area contributed by atoms with E-state index in [1.165, 1.54) is 0 Å². The van der Waals surface area contributed by atoms with Crippen molar-refractivity contribution in [2.75, 3.05) is 13.7 Å². The molecule has 1 unspecified atom stereocenters. The SMILES string of the molecule is COc1ccccc1C(NC(=O)CNC(=O)c1cc(F)cc(F)c1)c1ccccc1. The first-order chi connectivity index (χ1) is 14.5. The van der Waals surface area contributed by atoms with Gasteiger partial charge in [-0.2, -0.15) is 0 Å². The Morgan fingerprint density at radius 1 is 0.933 bits per heavy atom. The van der Waals surface area contributed by atoms with Gasteiger partial charge in [0.1, 0.15) is 17.4 Å². The summed E-state index contributed by atoms with van der Waals surface area (Å²) in [6, 6.07) is 18.5. The highest BCUT2D eigenvalue weighted by Crippen LogP contribution is 2.29. The summed E-state index contributed by atoms with van der Waals surface area (Å²) in [4.78, 5) is 24.7. The summed E-state index contributed by atoms with van der Waals surface area (Å²) < 4.78 is 32.0. The number of amides is 2. The van der Waals surface area contributed by atoms with E-state index in [0.717, 1.165) is 23.3 Å². The molecule has 7 heteroatoms. The van der Waals surface area contributed by atoms with E-state index < -0.39 is 29.5 Å². The van der Waals surface area contributed by atoms with E-state index in [4.69, 9.17) is 4.74 Å². The molecule has 0 radical (unpaired) electrons. The number of nitrogens with one attached hydrogen (secondary N) is 2. The topological polar surface area (TPSA) is 67.4 Å². The molecule has 3 aromatic rings. The van der Waals surface area contributed by atoms with Crippen molar-refractivity contribution in [3.63, 3.8) is 0 Å². The van der Waals surface area contributed by atoms with Gasteiger partial charge in [-0.15, -0.1) is 0 Å². The van der Waals surface area contributed by atoms with Crippen LogP contribution >= 0.6 is 0 Å². The molecule has 154 valence electrons. The van der Waals surface area contributed by atoms with Crippen LogP contribution in [0.15, 0.2) is 72.8 Å². The Morgan fingerprint density at radius 3 is 2.23 bits per heavy atom. The maximum Gasteiger partial charge on any atom is 0.251 e. The molecule has 0 aromatic heterocycles. The molecular formula is C23H20F2N2O3. The minimum absolute atomic E-state index is 0.204. The fourth-order valence-electron chi connectivity index (χ4n) is 3.05. The molecule has 0 saturated carbocycles. The van der Waals surface area contributed by atoms with Crippen molar-refractivity contribution in [3.05, 3.63) is 101 Å². The first-order valence-corrected chi connectivity index (χ1v) is 9.19. The van der Waals surface area contributed by atoms with Gasteiger partial charge in [0.25, 0.3) is 5.91 Å². The lowest BCUT2D eigenvalue weighted by Gasteiger charge is -2.22. The smallest absolute Gasteiger partial charge is 0.251 e. The number of methoxy groups -OCH3 is 1. The van der Waals surface area contributed by atoms with Crippen molar-refractivity contribution in [1.82, 2.24) is 10.6 Å². The lowest BCUT2D eigenvalue weighted by atomic mass is 9.97. The lowest BCUT2D eigenvalue weighted by Crippen LogP contribution is -2.39. The molecule has 0 saturated heterocycles. The molecular weight excluding hydrogens is 390 g/mol. The summed E-state index contributed by atoms with van der Waals surface area (Å²) in [7, 11) is 1.54. The first-order valence-electron chi connectivity index (χ1n) is 9.19. The summed E-state index contributed by atoms with van der Waals surface area (Å²) in [5.74, 6) is -2.36. The van der Waals surface area contributed by atoms with Crippen LogP contribution in [0.5, 0.6) is 5.75 Å². The summed E-state index contributed by atoms with van der Waals surface area (Å²) in [5, 5.41) is 5.25. The third kappa shape index (κ3) is 5.20. The van der Waals surface area contributed by atoms with Crippen molar-refractivity contribution < 1.29 is 23.1 Å². The second-order valence-corrected chi connectivity index (χ2v) is 6.49. The molecule has 2 amide bonds. The normalized spacial score (nSPS) is 11.4. The van der Waals surface area contributed by atoms with Gasteiger partial charge in [0.2, 0.25) is 5.91 Å². The number of para-hydroxylation sites is 1. The fraction of sp³-hybridized carbons (Fsp3) is 0.130. The molecule has 3 aromatic carbocycles. The van der Waals surface area contributed by atoms with Crippen LogP contribution in [0.25, 0.3) is 0 Å². The third-order valence-corrected chi connectivity index (χ3v) is 4.42. The van der Waals surface area contributed by atoms with Gasteiger partial charge < -0.3 is 15.4 Å². The fourth-order valence-corrected chi connectivity index (χ4v) is 3.05. The summed E-state index contributed by atoms with van der Waals surface area (Å²) in [6.07, 6.45) is 0. The second kappa shape index (κ2) is 9.65. The Bertz CT molecular complexity index is 1020. The van der Waals surface area contributed by atoms with E-state index >= 15 is 0 Å². The Labute approximate surface area is 172 Å². The molecule has 1 atom stereocenters. The zero-order valence-corrected chi connectivity index (χ0v) is 16.2. The molecule has 0 aliphatic heterocycles. The van der Waals surface area contributed by atoms with Gasteiger partial charge in [0, 0.05) is 17.2 Å². The Morgan fingerprint density at radius 2 is 1.57 bits per heavy atom. The second-order valence-electron chi connectivity index (χ2n) is 6.49. The van der Waals surface area contributed by atoms with E-state index in [-0.39, 0.29) is 12.1 Å². The minimum atomic E-state index is -0.870. The van der Waals surface area contributed by atoms with Crippen LogP contribution in [-0.2, 0) is 4.79 Å². The first kappa shape index (κ1) is 21.0. The van der Waals surface area contributed by atoms with Crippen molar-refractivity contribution in [1.29, 1.82) is 0 Å². The van der Waals surface area contributed by atoms with Gasteiger partial charge in [-0.05, 0) is 23.8 Å². The largest absolute Gasteiger partial charge is 0.496 e. The molecule has 0 fully saturated rings. The number of hydrogen-bond acceptors (Lipinski definition) is 3. The average Bonchev–Trinajstić information content (AvgIpc) is 2.75. The molecule has 30 heavy (non-hydrogen) atoms. The Balaban J connectivity index is 1.74. The van der Waals surface area contributed by atoms with Gasteiger partial charge in [-0.3, -0.25) is 9.59 Å². The van der Waals surface area contributed by atoms with Crippen molar-refractivity contribution in [2.24, 2.45) is 0 Å². The number of rotatable bonds is 7. The average molecular weight is 410 g/mol. The molecule has 2 N–H and O–H groups in total. The van der Waals surface area contributed by atoms with E-state index in [9.17, 15) is 18.4 Å². The predicted molar refractivity (Wildman–Crippen MR) is 108 cm³/mol. The van der Waals surface area contributed by atoms with Crippen LogP contribution in [0.4, 0.5) is 8.78 Å². The number of carbonyl (C=O) groups is 2. The highest BCUT2D eigenvalue weighted by molar-refractivity contribution is 5.96. The number of ether oxygens (including phenoxy) is 1. The maximum atomic E-state index is 13.3. The monoisotopic (exact) mass is 410 g/mol. The van der Waals surface area contributed by atoms with Crippen LogP contribution in [0.1, 0.15) is 27.5 Å². The zero-order chi connectivity index (χ0) is 21.5. The van der Waals surface area contributed by atoms with Crippen LogP contribution in [0.3, 0.4) is 0 Å². The van der Waals surface area contributed by atoms with Gasteiger partial charge in [0.05, 0.1) is 19.7 Å². The quantitative estimate of drug-likeness (QED) is 0.625. The minimum Gasteiger partial charge on any atom is -0.496 e. The number of benzene rings is 3. The summed E-state index contributed by atoms with van der Waals surface area (Å²) >= 11 is 0. The van der Waals surface area contributed by atoms with Gasteiger partial charge in [-0.25, -0.2) is 8.78 Å². The molecule has 0 aliphatic rings. The van der Waals surface area contributed by atoms with Crippen molar-refractivity contribution in [3.8, 4) is 5.75 Å². The van der Waals surface area contributed by atoms with Crippen molar-refractivity contribution >= 4 is 11.8 Å². The summed E-state index contributed by atoms with van der Waals surface area (Å²) in [5.41, 5.74) is 1.37. The number of halogens is 2. The van der Waals surface area contributed by atoms with Crippen LogP contribution < -0.4 is 15.4 Å². The lowest BCUT2D eigenvalue weighted by molar-refractivity contribution is -0.120. The van der Waals surface area contributed by atoms with Crippen LogP contribution in [-0.4, -0.2) is 25.5 Å². The van der Waals surface area contributed by atoms with Crippen LogP contribution in [0, 0.1) is 11.6 Å². The standard InChI is InChI=1S/C23H20F2N2O3/c1-30-20-10-6-5-9-19(20)22(15-7-3-2-4-8-15)27-21(28)14-26-23(29)16-11-17(24)13-18(25)12-16/h2-13,22H,14H2,1H3,(H,26,29)(H,27,28). The molecule has 5 nitrogen and oxygen atoms in total. The molecule has 0 aliphatic carbocycles. The Kier molecular flexibility index (Phi) is 6.75. The zero-order valence-electron chi connectivity index (χ0n) is 16.2. The van der Waals surface area contributed by atoms with Crippen LogP contribution in [0.2, 0.25) is 0 Å². The van der Waals surface area contributed by atoms with E-state index in [0.29, 0.717) is 11.8 Å². The highest BCUT2D eigenvalue weighted by Gasteiger charge is 2.20. The van der Waals surface area contributed by atoms with Crippen molar-refractivity contribution in [2.45, 2.75) is 6.04 Å². The number of hydrogen-bond donors (Lipinski definition) is 2. The van der Waals surface area contributed by atoms with E-state index in [1.807, 2.05) is 48.5 Å². The Hall–Kier alpha value is -3.74. The third-order valence-electron chi connectivity index (χ3n) is 4.42. The summed E-state index contributed by atoms with van der Waals surface area (Å²) in [6.45, 7) is -0.366. The highest BCUT2D eigenvalue weighted by atomic mass is 19.1. The molecule has 0 spiro atoms.